The van der Waals surface area contributed by atoms with E-state index in [0.717, 1.165) is 20.3 Å². The highest BCUT2D eigenvalue weighted by Crippen LogP contribution is 2.16. The predicted molar refractivity (Wildman–Crippen MR) is 174 cm³/mol. The zero-order chi connectivity index (χ0) is 32.7. The van der Waals surface area contributed by atoms with E-state index in [9.17, 15) is 19.2 Å². The second kappa shape index (κ2) is 22.5. The van der Waals surface area contributed by atoms with Gasteiger partial charge in [0.25, 0.3) is 0 Å². The molecule has 0 saturated heterocycles. The van der Waals surface area contributed by atoms with Gasteiger partial charge >= 0.3 is 23.9 Å². The highest BCUT2D eigenvalue weighted by molar-refractivity contribution is 9.10. The Labute approximate surface area is 273 Å². The van der Waals surface area contributed by atoms with Gasteiger partial charge in [-0.1, -0.05) is 56.1 Å². The van der Waals surface area contributed by atoms with E-state index >= 15 is 0 Å². The molecule has 2 aromatic carbocycles. The van der Waals surface area contributed by atoms with E-state index in [0.29, 0.717) is 13.0 Å². The van der Waals surface area contributed by atoms with Crippen molar-refractivity contribution in [1.82, 2.24) is 10.9 Å². The third-order valence-electron chi connectivity index (χ3n) is 5.03. The number of halogens is 2. The van der Waals surface area contributed by atoms with Gasteiger partial charge in [-0.3, -0.25) is 20.4 Å². The molecule has 14 heteroatoms. The van der Waals surface area contributed by atoms with E-state index in [1.165, 1.54) is 6.08 Å². The number of carboxylic acids is 1. The number of carbonyl (C=O) groups is 4. The molecule has 0 amide bonds. The van der Waals surface area contributed by atoms with Crippen molar-refractivity contribution in [3.63, 3.8) is 0 Å². The number of allylic oxidation sites excluding steroid dienone is 2. The summed E-state index contributed by atoms with van der Waals surface area (Å²) in [6.07, 6.45) is 3.87. The van der Waals surface area contributed by atoms with Gasteiger partial charge in [-0.2, -0.15) is 0 Å². The number of nitrogens with one attached hydrogen (secondary N) is 4. The molecule has 0 radical (unpaired) electrons. The van der Waals surface area contributed by atoms with E-state index < -0.39 is 17.9 Å². The summed E-state index contributed by atoms with van der Waals surface area (Å²) < 4.78 is 16.5. The van der Waals surface area contributed by atoms with E-state index in [2.05, 4.69) is 53.6 Å². The van der Waals surface area contributed by atoms with Crippen LogP contribution in [0.4, 0.5) is 11.4 Å². The van der Waals surface area contributed by atoms with Crippen LogP contribution in [0.5, 0.6) is 0 Å². The molecule has 44 heavy (non-hydrogen) atoms. The van der Waals surface area contributed by atoms with Crippen LogP contribution in [0.15, 0.2) is 81.0 Å². The monoisotopic (exact) mass is 740 g/mol. The molecule has 12 nitrogen and oxygen atoms in total. The Morgan fingerprint density at radius 3 is 1.52 bits per heavy atom. The Hall–Kier alpha value is -4.04. The van der Waals surface area contributed by atoms with Crippen LogP contribution in [-0.4, -0.2) is 48.8 Å². The fraction of sp³-hybridized carbons (Fsp3) is 0.333. The lowest BCUT2D eigenvalue weighted by Crippen LogP contribution is -2.27. The molecule has 0 aliphatic carbocycles. The topological polar surface area (TPSA) is 164 Å². The largest absolute Gasteiger partial charge is 0.481 e. The smallest absolute Gasteiger partial charge is 0.355 e. The molecule has 0 atom stereocenters. The van der Waals surface area contributed by atoms with Crippen LogP contribution in [0.25, 0.3) is 0 Å². The maximum absolute atomic E-state index is 11.9. The van der Waals surface area contributed by atoms with Gasteiger partial charge in [-0.05, 0) is 70.0 Å². The fourth-order valence-corrected chi connectivity index (χ4v) is 3.91. The highest BCUT2D eigenvalue weighted by Gasteiger charge is 2.12. The summed E-state index contributed by atoms with van der Waals surface area (Å²) in [5.74, 6) is -2.24. The van der Waals surface area contributed by atoms with Gasteiger partial charge in [-0.15, -0.1) is 0 Å². The minimum Gasteiger partial charge on any atom is -0.481 e. The molecule has 0 aliphatic rings. The summed E-state index contributed by atoms with van der Waals surface area (Å²) in [7, 11) is 0. The Kier molecular flexibility index (Phi) is 19.4. The van der Waals surface area contributed by atoms with Gasteiger partial charge in [0.05, 0.1) is 31.2 Å². The van der Waals surface area contributed by atoms with E-state index in [-0.39, 0.29) is 49.8 Å². The van der Waals surface area contributed by atoms with Crippen molar-refractivity contribution < 1.29 is 38.5 Å². The van der Waals surface area contributed by atoms with Crippen LogP contribution >= 0.6 is 31.9 Å². The molecule has 0 fully saturated rings. The van der Waals surface area contributed by atoms with Crippen LogP contribution in [0.3, 0.4) is 0 Å². The molecule has 0 bridgehead atoms. The molecular formula is C30H38Br2N4O8. The molecule has 2 aromatic rings. The zero-order valence-electron chi connectivity index (χ0n) is 24.8. The minimum atomic E-state index is -0.922. The first-order valence-corrected chi connectivity index (χ1v) is 15.3. The summed E-state index contributed by atoms with van der Waals surface area (Å²) in [6.45, 7) is 6.04. The van der Waals surface area contributed by atoms with Crippen molar-refractivity contribution in [2.75, 3.05) is 30.7 Å². The second-order valence-corrected chi connectivity index (χ2v) is 10.3. The predicted octanol–water partition coefficient (Wildman–Crippen LogP) is 5.83. The molecule has 5 N–H and O–H groups in total. The first-order chi connectivity index (χ1) is 21.1. The molecule has 0 unspecified atom stereocenters. The summed E-state index contributed by atoms with van der Waals surface area (Å²) in [5, 5.41) is 8.62. The van der Waals surface area contributed by atoms with Crippen molar-refractivity contribution in [3.05, 3.63) is 81.0 Å². The number of hydrogen-bond acceptors (Lipinski definition) is 11. The van der Waals surface area contributed by atoms with Crippen LogP contribution in [0.2, 0.25) is 0 Å². The van der Waals surface area contributed by atoms with Gasteiger partial charge in [0.2, 0.25) is 0 Å². The molecule has 240 valence electrons. The summed E-state index contributed by atoms with van der Waals surface area (Å²) in [4.78, 5) is 45.5. The van der Waals surface area contributed by atoms with E-state index in [1.807, 2.05) is 48.5 Å². The van der Waals surface area contributed by atoms with Crippen molar-refractivity contribution in [3.8, 4) is 0 Å². The molecule has 0 saturated carbocycles. The average Bonchev–Trinajstić information content (AvgIpc) is 2.97. The first-order valence-electron chi connectivity index (χ1n) is 13.8. The maximum atomic E-state index is 11.9. The maximum Gasteiger partial charge on any atom is 0.355 e. The third kappa shape index (κ3) is 17.2. The number of hydrogen-bond donors (Lipinski definition) is 5. The van der Waals surface area contributed by atoms with Gasteiger partial charge in [0.15, 0.2) is 0 Å². The molecule has 0 heterocycles. The summed E-state index contributed by atoms with van der Waals surface area (Å²) >= 11 is 6.71. The number of hydrazine groups is 2. The first kappa shape index (κ1) is 38.0. The number of benzene rings is 2. The Bertz CT molecular complexity index is 1290. The van der Waals surface area contributed by atoms with Gasteiger partial charge in [0, 0.05) is 21.8 Å². The second-order valence-electron chi connectivity index (χ2n) is 8.47. The van der Waals surface area contributed by atoms with Crippen molar-refractivity contribution in [2.24, 2.45) is 0 Å². The lowest BCUT2D eigenvalue weighted by Gasteiger charge is -2.12. The molecule has 0 aromatic heterocycles. The van der Waals surface area contributed by atoms with Crippen molar-refractivity contribution in [1.29, 1.82) is 0 Å². The lowest BCUT2D eigenvalue weighted by molar-refractivity contribution is -0.143. The van der Waals surface area contributed by atoms with Crippen LogP contribution in [-0.2, 0) is 33.4 Å². The Morgan fingerprint density at radius 2 is 1.14 bits per heavy atom. The Morgan fingerprint density at radius 1 is 0.705 bits per heavy atom. The van der Waals surface area contributed by atoms with E-state index in [4.69, 9.17) is 19.3 Å². The SMILES string of the molecule is CCOC(=O)/C(=C\CCC(=O)O)NNc1cccc(Br)c1.CCOC(=O)CC/C=C(/NNc1cccc(Br)c1)C(=O)OCC. The minimum absolute atomic E-state index is 0.0541. The molecule has 0 aliphatic heterocycles. The fourth-order valence-electron chi connectivity index (χ4n) is 3.11. The number of aliphatic carboxylic acids is 1. The Balaban J connectivity index is 0.000000442. The van der Waals surface area contributed by atoms with E-state index in [1.54, 1.807) is 26.8 Å². The highest BCUT2D eigenvalue weighted by atomic mass is 79.9. The molecule has 2 rings (SSSR count). The van der Waals surface area contributed by atoms with Crippen LogP contribution < -0.4 is 21.7 Å². The van der Waals surface area contributed by atoms with Crippen molar-refractivity contribution >= 4 is 67.1 Å². The zero-order valence-corrected chi connectivity index (χ0v) is 28.0. The molecule has 0 spiro atoms. The average molecular weight is 742 g/mol. The van der Waals surface area contributed by atoms with Gasteiger partial charge in [-0.25, -0.2) is 9.59 Å². The number of carbonyl (C=O) groups excluding carboxylic acids is 3. The number of esters is 3. The lowest BCUT2D eigenvalue weighted by atomic mass is 10.2. The summed E-state index contributed by atoms with van der Waals surface area (Å²) in [6, 6.07) is 14.8. The standard InChI is InChI=1S/C16H21BrN2O4.C14H17BrN2O4/c1-3-22-15(20)10-6-9-14(16(21)23-4-2)19-18-13-8-5-7-12(17)11-13;1-2-21-14(20)12(7-4-8-13(18)19)17-16-11-6-3-5-10(15)9-11/h5,7-9,11,18-19H,3-4,6,10H2,1-2H3;3,5-7,9,16-17H,2,4,8H2,1H3,(H,18,19)/b14-9+;12-7+. The van der Waals surface area contributed by atoms with Crippen molar-refractivity contribution in [2.45, 2.75) is 46.5 Å². The number of rotatable bonds is 17. The molecular weight excluding hydrogens is 704 g/mol. The normalized spacial score (nSPS) is 10.8. The quantitative estimate of drug-likeness (QED) is 0.0571. The summed E-state index contributed by atoms with van der Waals surface area (Å²) in [5.41, 5.74) is 13.3. The van der Waals surface area contributed by atoms with Gasteiger partial charge < -0.3 is 30.2 Å². The number of anilines is 2. The third-order valence-corrected chi connectivity index (χ3v) is 6.02. The number of carboxylic acid groups (broad SMARTS) is 1. The van der Waals surface area contributed by atoms with Gasteiger partial charge in [0.1, 0.15) is 11.4 Å². The van der Waals surface area contributed by atoms with Crippen LogP contribution in [0.1, 0.15) is 46.5 Å². The van der Waals surface area contributed by atoms with Crippen LogP contribution in [0, 0.1) is 0 Å². The number of ether oxygens (including phenoxy) is 3.